The van der Waals surface area contributed by atoms with Gasteiger partial charge >= 0.3 is 0 Å². The lowest BCUT2D eigenvalue weighted by Gasteiger charge is -2.11. The second-order valence-corrected chi connectivity index (χ2v) is 4.97. The van der Waals surface area contributed by atoms with Crippen LogP contribution in [0.5, 0.6) is 5.75 Å². The van der Waals surface area contributed by atoms with Crippen LogP contribution in [0.15, 0.2) is 18.2 Å². The van der Waals surface area contributed by atoms with Crippen molar-refractivity contribution in [2.75, 3.05) is 12.4 Å². The summed E-state index contributed by atoms with van der Waals surface area (Å²) in [6.07, 6.45) is 0. The van der Waals surface area contributed by atoms with Crippen LogP contribution in [-0.2, 0) is 13.6 Å². The lowest BCUT2D eigenvalue weighted by molar-refractivity contribution is 0.416. The molecule has 0 spiro atoms. The Balaban J connectivity index is 2.21. The normalized spacial score (nSPS) is 10.6. The highest BCUT2D eigenvalue weighted by Crippen LogP contribution is 2.29. The van der Waals surface area contributed by atoms with E-state index in [1.54, 1.807) is 17.9 Å². The van der Waals surface area contributed by atoms with Crippen molar-refractivity contribution >= 4 is 28.9 Å². The van der Waals surface area contributed by atoms with E-state index in [2.05, 4.69) is 10.4 Å². The zero-order valence-electron chi connectivity index (χ0n) is 11.0. The van der Waals surface area contributed by atoms with Gasteiger partial charge in [0.1, 0.15) is 10.9 Å². The van der Waals surface area contributed by atoms with Gasteiger partial charge in [-0.25, -0.2) is 0 Å². The van der Waals surface area contributed by atoms with E-state index in [-0.39, 0.29) is 0 Å². The van der Waals surface area contributed by atoms with Gasteiger partial charge < -0.3 is 10.1 Å². The molecule has 0 radical (unpaired) electrons. The molecule has 1 heterocycles. The van der Waals surface area contributed by atoms with Crippen LogP contribution >= 0.6 is 23.2 Å². The summed E-state index contributed by atoms with van der Waals surface area (Å²) >= 11 is 12.2. The molecule has 1 N–H and O–H groups in total. The molecule has 0 unspecified atom stereocenters. The summed E-state index contributed by atoms with van der Waals surface area (Å²) in [4.78, 5) is 0. The Kier molecular flexibility index (Phi) is 4.22. The van der Waals surface area contributed by atoms with Gasteiger partial charge in [-0.3, -0.25) is 4.68 Å². The Morgan fingerprint density at radius 3 is 2.68 bits per heavy atom. The number of aromatic nitrogens is 2. The summed E-state index contributed by atoms with van der Waals surface area (Å²) in [5.41, 5.74) is 2.70. The van der Waals surface area contributed by atoms with Gasteiger partial charge in [-0.1, -0.05) is 23.2 Å². The molecule has 2 rings (SSSR count). The van der Waals surface area contributed by atoms with E-state index < -0.39 is 0 Å². The van der Waals surface area contributed by atoms with Crippen LogP contribution in [0.25, 0.3) is 0 Å². The maximum absolute atomic E-state index is 6.19. The Hall–Kier alpha value is -1.39. The number of rotatable bonds is 4. The molecule has 0 saturated carbocycles. The number of methoxy groups -OCH3 is 1. The van der Waals surface area contributed by atoms with E-state index in [9.17, 15) is 0 Å². The standard InChI is InChI=1S/C13H15Cl2N3O/c1-8-10(13(15)18(2)17-8)7-16-11-6-9(14)4-5-12(11)19-3/h4-6,16H,7H2,1-3H3. The molecule has 2 aromatic rings. The second-order valence-electron chi connectivity index (χ2n) is 4.18. The molecule has 0 bridgehead atoms. The molecule has 0 atom stereocenters. The number of nitrogens with one attached hydrogen (secondary N) is 1. The third-order valence-electron chi connectivity index (χ3n) is 2.89. The summed E-state index contributed by atoms with van der Waals surface area (Å²) < 4.78 is 6.94. The summed E-state index contributed by atoms with van der Waals surface area (Å²) in [7, 11) is 3.44. The first kappa shape index (κ1) is 14.0. The number of aryl methyl sites for hydroxylation is 2. The van der Waals surface area contributed by atoms with Crippen molar-refractivity contribution in [3.8, 4) is 5.75 Å². The average Bonchev–Trinajstić information content (AvgIpc) is 2.61. The predicted octanol–water partition coefficient (Wildman–Crippen LogP) is 3.66. The molecule has 102 valence electrons. The van der Waals surface area contributed by atoms with Crippen molar-refractivity contribution in [2.45, 2.75) is 13.5 Å². The highest BCUT2D eigenvalue weighted by Gasteiger charge is 2.12. The minimum atomic E-state index is 0.565. The van der Waals surface area contributed by atoms with Gasteiger partial charge in [-0.05, 0) is 25.1 Å². The number of ether oxygens (including phenoxy) is 1. The van der Waals surface area contributed by atoms with E-state index in [0.29, 0.717) is 16.7 Å². The van der Waals surface area contributed by atoms with Crippen molar-refractivity contribution in [1.29, 1.82) is 0 Å². The molecule has 0 aliphatic carbocycles. The number of nitrogens with zero attached hydrogens (tertiary/aromatic N) is 2. The van der Waals surface area contributed by atoms with Gasteiger partial charge in [0.15, 0.2) is 0 Å². The first-order chi connectivity index (χ1) is 9.02. The molecule has 1 aromatic heterocycles. The molecule has 0 saturated heterocycles. The highest BCUT2D eigenvalue weighted by atomic mass is 35.5. The number of anilines is 1. The average molecular weight is 300 g/mol. The van der Waals surface area contributed by atoms with E-state index in [4.69, 9.17) is 27.9 Å². The highest BCUT2D eigenvalue weighted by molar-refractivity contribution is 6.31. The Bertz CT molecular complexity index is 596. The first-order valence-electron chi connectivity index (χ1n) is 5.78. The van der Waals surface area contributed by atoms with Gasteiger partial charge in [0.2, 0.25) is 0 Å². The second kappa shape index (κ2) is 5.72. The van der Waals surface area contributed by atoms with Crippen LogP contribution in [0.2, 0.25) is 10.2 Å². The molecule has 0 fully saturated rings. The van der Waals surface area contributed by atoms with Crippen molar-refractivity contribution in [1.82, 2.24) is 9.78 Å². The largest absolute Gasteiger partial charge is 0.495 e. The third kappa shape index (κ3) is 2.96. The molecule has 19 heavy (non-hydrogen) atoms. The van der Waals surface area contributed by atoms with Crippen molar-refractivity contribution in [3.05, 3.63) is 39.6 Å². The number of hydrogen-bond donors (Lipinski definition) is 1. The van der Waals surface area contributed by atoms with Crippen molar-refractivity contribution < 1.29 is 4.74 Å². The fourth-order valence-corrected chi connectivity index (χ4v) is 2.29. The molecule has 0 aliphatic rings. The minimum absolute atomic E-state index is 0.565. The van der Waals surface area contributed by atoms with E-state index in [1.165, 1.54) is 0 Å². The van der Waals surface area contributed by atoms with E-state index in [1.807, 2.05) is 26.1 Å². The van der Waals surface area contributed by atoms with E-state index >= 15 is 0 Å². The fourth-order valence-electron chi connectivity index (χ4n) is 1.88. The van der Waals surface area contributed by atoms with Gasteiger partial charge in [-0.2, -0.15) is 5.10 Å². The fraction of sp³-hybridized carbons (Fsp3) is 0.308. The lowest BCUT2D eigenvalue weighted by Crippen LogP contribution is -2.02. The molecule has 6 heteroatoms. The maximum Gasteiger partial charge on any atom is 0.142 e. The summed E-state index contributed by atoms with van der Waals surface area (Å²) in [5, 5.41) is 8.82. The lowest BCUT2D eigenvalue weighted by atomic mass is 10.2. The maximum atomic E-state index is 6.19. The smallest absolute Gasteiger partial charge is 0.142 e. The topological polar surface area (TPSA) is 39.1 Å². The molecular formula is C13H15Cl2N3O. The third-order valence-corrected chi connectivity index (χ3v) is 3.59. The van der Waals surface area contributed by atoms with Crippen LogP contribution in [0, 0.1) is 6.92 Å². The van der Waals surface area contributed by atoms with Crippen molar-refractivity contribution in [3.63, 3.8) is 0 Å². The summed E-state index contributed by atoms with van der Waals surface area (Å²) in [6.45, 7) is 2.49. The van der Waals surface area contributed by atoms with Gasteiger partial charge in [0, 0.05) is 24.2 Å². The molecule has 1 aromatic carbocycles. The molecule has 4 nitrogen and oxygen atoms in total. The van der Waals surface area contributed by atoms with Crippen LogP contribution in [-0.4, -0.2) is 16.9 Å². The quantitative estimate of drug-likeness (QED) is 0.936. The minimum Gasteiger partial charge on any atom is -0.495 e. The number of hydrogen-bond acceptors (Lipinski definition) is 3. The Morgan fingerprint density at radius 1 is 1.37 bits per heavy atom. The summed E-state index contributed by atoms with van der Waals surface area (Å²) in [5.74, 6) is 0.738. The van der Waals surface area contributed by atoms with Crippen LogP contribution in [0.4, 0.5) is 5.69 Å². The van der Waals surface area contributed by atoms with Crippen LogP contribution in [0.3, 0.4) is 0 Å². The monoisotopic (exact) mass is 299 g/mol. The zero-order valence-corrected chi connectivity index (χ0v) is 12.5. The molecular weight excluding hydrogens is 285 g/mol. The van der Waals surface area contributed by atoms with Crippen molar-refractivity contribution in [2.24, 2.45) is 7.05 Å². The van der Waals surface area contributed by atoms with E-state index in [0.717, 1.165) is 22.7 Å². The number of halogens is 2. The first-order valence-corrected chi connectivity index (χ1v) is 6.54. The SMILES string of the molecule is COc1ccc(Cl)cc1NCc1c(C)nn(C)c1Cl. The zero-order chi connectivity index (χ0) is 14.0. The van der Waals surface area contributed by atoms with Crippen LogP contribution in [0.1, 0.15) is 11.3 Å². The molecule has 0 amide bonds. The Morgan fingerprint density at radius 2 is 2.11 bits per heavy atom. The predicted molar refractivity (Wildman–Crippen MR) is 78.3 cm³/mol. The van der Waals surface area contributed by atoms with Gasteiger partial charge in [0.05, 0.1) is 18.5 Å². The van der Waals surface area contributed by atoms with Crippen LogP contribution < -0.4 is 10.1 Å². The Labute approximate surface area is 122 Å². The molecule has 0 aliphatic heterocycles. The van der Waals surface area contributed by atoms with Gasteiger partial charge in [-0.15, -0.1) is 0 Å². The van der Waals surface area contributed by atoms with Gasteiger partial charge in [0.25, 0.3) is 0 Å². The summed E-state index contributed by atoms with van der Waals surface area (Å²) in [6, 6.07) is 5.43. The number of benzene rings is 1.